The first kappa shape index (κ1) is 20.2. The van der Waals surface area contributed by atoms with Gasteiger partial charge < -0.3 is 14.6 Å². The van der Waals surface area contributed by atoms with Gasteiger partial charge in [0, 0.05) is 5.02 Å². The lowest BCUT2D eigenvalue weighted by molar-refractivity contribution is -0.222. The summed E-state index contributed by atoms with van der Waals surface area (Å²) in [5, 5.41) is 15.3. The first-order chi connectivity index (χ1) is 12.2. The summed E-state index contributed by atoms with van der Waals surface area (Å²) in [6.07, 6.45) is 2.28. The number of nitrogens with zero attached hydrogens (tertiary/aromatic N) is 3. The van der Waals surface area contributed by atoms with Crippen molar-refractivity contribution in [2.45, 2.75) is 19.8 Å². The van der Waals surface area contributed by atoms with Gasteiger partial charge in [0.2, 0.25) is 5.78 Å². The van der Waals surface area contributed by atoms with Crippen LogP contribution in [-0.2, 0) is 20.2 Å². The molecule has 0 aliphatic carbocycles. The number of hydrogen-bond acceptors (Lipinski definition) is 7. The minimum absolute atomic E-state index is 0.175. The van der Waals surface area contributed by atoms with Crippen molar-refractivity contribution < 1.29 is 24.2 Å². The summed E-state index contributed by atoms with van der Waals surface area (Å²) in [4.78, 5) is 28.1. The van der Waals surface area contributed by atoms with Crippen LogP contribution in [0.2, 0.25) is 5.02 Å². The highest BCUT2D eigenvalue weighted by atomic mass is 35.5. The van der Waals surface area contributed by atoms with E-state index >= 15 is 0 Å². The molecule has 1 heterocycles. The molecule has 2 aromatic rings. The van der Waals surface area contributed by atoms with Crippen LogP contribution < -0.4 is 4.74 Å². The van der Waals surface area contributed by atoms with Crippen molar-refractivity contribution in [3.05, 3.63) is 41.9 Å². The van der Waals surface area contributed by atoms with Crippen molar-refractivity contribution >= 4 is 35.0 Å². The predicted molar refractivity (Wildman–Crippen MR) is 92.8 cm³/mol. The number of benzene rings is 1. The van der Waals surface area contributed by atoms with Crippen LogP contribution >= 0.6 is 23.2 Å². The van der Waals surface area contributed by atoms with Crippen LogP contribution in [0.1, 0.15) is 13.8 Å². The Hall–Kier alpha value is -2.16. The highest BCUT2D eigenvalue weighted by molar-refractivity contribution is 6.30. The summed E-state index contributed by atoms with van der Waals surface area (Å²) in [6, 6.07) is 6.04. The molecule has 2 rings (SSSR count). The van der Waals surface area contributed by atoms with Crippen LogP contribution in [0.5, 0.6) is 5.75 Å². The third-order valence-electron chi connectivity index (χ3n) is 3.42. The zero-order valence-electron chi connectivity index (χ0n) is 14.1. The smallest absolute Gasteiger partial charge is 0.376 e. The first-order valence-corrected chi connectivity index (χ1v) is 8.39. The van der Waals surface area contributed by atoms with E-state index in [9.17, 15) is 14.7 Å². The summed E-state index contributed by atoms with van der Waals surface area (Å²) < 4.78 is 11.3. The van der Waals surface area contributed by atoms with E-state index in [-0.39, 0.29) is 18.2 Å². The molecule has 0 saturated carbocycles. The number of alkyl halides is 1. The molecule has 10 heteroatoms. The minimum atomic E-state index is -2.51. The lowest BCUT2D eigenvalue weighted by atomic mass is 9.86. The lowest BCUT2D eigenvalue weighted by Crippen LogP contribution is -2.54. The highest BCUT2D eigenvalue weighted by Gasteiger charge is 2.50. The molecule has 8 nitrogen and oxygen atoms in total. The van der Waals surface area contributed by atoms with Crippen molar-refractivity contribution in [1.82, 2.24) is 14.8 Å². The molecule has 1 aromatic heterocycles. The van der Waals surface area contributed by atoms with Crippen molar-refractivity contribution in [3.63, 3.8) is 0 Å². The van der Waals surface area contributed by atoms with Gasteiger partial charge in [-0.1, -0.05) is 11.6 Å². The maximum Gasteiger partial charge on any atom is 0.376 e. The summed E-state index contributed by atoms with van der Waals surface area (Å²) in [5.74, 6) is -4.17. The van der Waals surface area contributed by atoms with Gasteiger partial charge in [-0.05, 0) is 38.1 Å². The maximum atomic E-state index is 13.0. The summed E-state index contributed by atoms with van der Waals surface area (Å²) in [6.45, 7) is 2.67. The Morgan fingerprint density at radius 1 is 1.27 bits per heavy atom. The average molecular weight is 402 g/mol. The van der Waals surface area contributed by atoms with Crippen molar-refractivity contribution in [2.75, 3.05) is 12.5 Å². The SMILES string of the molecule is CC(C)(COC(=O)CCl)C(=O)C(O)(Oc1ccc(Cl)cc1)n1cncn1. The van der Waals surface area contributed by atoms with Gasteiger partial charge in [-0.3, -0.25) is 9.59 Å². The van der Waals surface area contributed by atoms with Crippen molar-refractivity contribution in [2.24, 2.45) is 5.41 Å². The maximum absolute atomic E-state index is 13.0. The minimum Gasteiger partial charge on any atom is -0.464 e. The molecule has 1 unspecified atom stereocenters. The van der Waals surface area contributed by atoms with E-state index in [4.69, 9.17) is 32.7 Å². The number of esters is 1. The Morgan fingerprint density at radius 3 is 2.46 bits per heavy atom. The number of Topliss-reactive ketones (excluding diaryl/α,β-unsaturated/α-hetero) is 1. The second-order valence-corrected chi connectivity index (χ2v) is 6.72. The number of aliphatic hydroxyl groups is 1. The van der Waals surface area contributed by atoms with Crippen LogP contribution in [0, 0.1) is 5.41 Å². The molecule has 0 fully saturated rings. The highest BCUT2D eigenvalue weighted by Crippen LogP contribution is 2.30. The third kappa shape index (κ3) is 4.51. The molecule has 1 aromatic carbocycles. The predicted octanol–water partition coefficient (Wildman–Crippen LogP) is 1.99. The first-order valence-electron chi connectivity index (χ1n) is 7.47. The van der Waals surface area contributed by atoms with Gasteiger partial charge in [0.05, 0.1) is 5.41 Å². The Bertz CT molecular complexity index is 765. The number of ether oxygens (including phenoxy) is 2. The molecule has 0 radical (unpaired) electrons. The Balaban J connectivity index is 2.33. The zero-order chi connectivity index (χ0) is 19.4. The van der Waals surface area contributed by atoms with Gasteiger partial charge in [0.15, 0.2) is 0 Å². The van der Waals surface area contributed by atoms with Crippen LogP contribution in [0.3, 0.4) is 0 Å². The number of hydrogen-bond donors (Lipinski definition) is 1. The van der Waals surface area contributed by atoms with E-state index in [0.29, 0.717) is 5.02 Å². The fourth-order valence-electron chi connectivity index (χ4n) is 2.03. The molecular weight excluding hydrogens is 385 g/mol. The Labute approximate surface area is 159 Å². The summed E-state index contributed by atoms with van der Waals surface area (Å²) >= 11 is 11.2. The summed E-state index contributed by atoms with van der Waals surface area (Å²) in [5.41, 5.74) is -1.31. The number of carbonyl (C=O) groups is 2. The molecule has 0 amide bonds. The third-order valence-corrected chi connectivity index (χ3v) is 3.89. The van der Waals surface area contributed by atoms with Gasteiger partial charge in [-0.2, -0.15) is 9.78 Å². The van der Waals surface area contributed by atoms with Crippen LogP contribution in [0.25, 0.3) is 0 Å². The number of carbonyl (C=O) groups excluding carboxylic acids is 2. The molecular formula is C16H17Cl2N3O5. The van der Waals surface area contributed by atoms with E-state index in [2.05, 4.69) is 10.1 Å². The molecule has 0 saturated heterocycles. The topological polar surface area (TPSA) is 104 Å². The van der Waals surface area contributed by atoms with Gasteiger partial charge >= 0.3 is 11.9 Å². The van der Waals surface area contributed by atoms with Crippen LogP contribution in [0.15, 0.2) is 36.9 Å². The second-order valence-electron chi connectivity index (χ2n) is 6.01. The fourth-order valence-corrected chi connectivity index (χ4v) is 2.24. The molecule has 0 aliphatic rings. The second kappa shape index (κ2) is 8.03. The standard InChI is InChI=1S/C16H17Cl2N3O5/c1-15(2,8-25-13(22)7-17)14(23)16(24,21-10-19-9-20-21)26-12-5-3-11(18)4-6-12/h3-6,9-10,24H,7-8H2,1-2H3. The number of halogens is 2. The molecule has 26 heavy (non-hydrogen) atoms. The van der Waals surface area contributed by atoms with E-state index in [1.807, 2.05) is 0 Å². The molecule has 0 bridgehead atoms. The van der Waals surface area contributed by atoms with E-state index in [0.717, 1.165) is 17.3 Å². The largest absolute Gasteiger partial charge is 0.464 e. The van der Waals surface area contributed by atoms with Gasteiger partial charge in [0.25, 0.3) is 0 Å². The van der Waals surface area contributed by atoms with Crippen molar-refractivity contribution in [3.8, 4) is 5.75 Å². The van der Waals surface area contributed by atoms with Crippen molar-refractivity contribution in [1.29, 1.82) is 0 Å². The molecule has 0 aliphatic heterocycles. The van der Waals surface area contributed by atoms with Gasteiger partial charge in [0.1, 0.15) is 30.9 Å². The number of ketones is 1. The zero-order valence-corrected chi connectivity index (χ0v) is 15.6. The van der Waals surface area contributed by atoms with Crippen LogP contribution in [-0.4, -0.2) is 44.1 Å². The molecule has 0 spiro atoms. The van der Waals surface area contributed by atoms with E-state index < -0.39 is 23.1 Å². The quantitative estimate of drug-likeness (QED) is 0.409. The van der Waals surface area contributed by atoms with E-state index in [1.165, 1.54) is 38.1 Å². The van der Waals surface area contributed by atoms with E-state index in [1.54, 1.807) is 0 Å². The van der Waals surface area contributed by atoms with Crippen LogP contribution in [0.4, 0.5) is 0 Å². The normalized spacial score (nSPS) is 13.7. The monoisotopic (exact) mass is 401 g/mol. The fraction of sp³-hybridized carbons (Fsp3) is 0.375. The molecule has 140 valence electrons. The average Bonchev–Trinajstić information content (AvgIpc) is 3.16. The molecule has 1 atom stereocenters. The summed E-state index contributed by atoms with van der Waals surface area (Å²) in [7, 11) is 0. The Kier molecular flexibility index (Phi) is 6.22. The number of aromatic nitrogens is 3. The van der Waals surface area contributed by atoms with Gasteiger partial charge in [-0.15, -0.1) is 11.6 Å². The number of rotatable bonds is 8. The Morgan fingerprint density at radius 2 is 1.92 bits per heavy atom. The lowest BCUT2D eigenvalue weighted by Gasteiger charge is -2.33. The van der Waals surface area contributed by atoms with Gasteiger partial charge in [-0.25, -0.2) is 4.98 Å². The molecule has 1 N–H and O–H groups in total.